The molecule has 6 nitrogen and oxygen atoms in total. The van der Waals surface area contributed by atoms with Crippen molar-refractivity contribution in [2.24, 2.45) is 5.92 Å². The average Bonchev–Trinajstić information content (AvgIpc) is 3.25. The van der Waals surface area contributed by atoms with Crippen molar-refractivity contribution in [1.82, 2.24) is 10.2 Å². The molecule has 25 heavy (non-hydrogen) atoms. The smallest absolute Gasteiger partial charge is 0.224 e. The molecular formula is C18H26N2O4S. The van der Waals surface area contributed by atoms with Crippen molar-refractivity contribution in [3.05, 3.63) is 29.8 Å². The third-order valence-corrected chi connectivity index (χ3v) is 6.90. The van der Waals surface area contributed by atoms with E-state index in [1.54, 1.807) is 7.11 Å². The summed E-state index contributed by atoms with van der Waals surface area (Å²) in [5, 5.41) is 2.99. The van der Waals surface area contributed by atoms with Crippen LogP contribution in [-0.4, -0.2) is 57.5 Å². The lowest BCUT2D eigenvalue weighted by Gasteiger charge is -2.29. The molecule has 2 aliphatic rings. The fourth-order valence-electron chi connectivity index (χ4n) is 3.70. The van der Waals surface area contributed by atoms with E-state index in [0.29, 0.717) is 13.0 Å². The third kappa shape index (κ3) is 4.52. The summed E-state index contributed by atoms with van der Waals surface area (Å²) >= 11 is 0. The number of likely N-dealkylation sites (tertiary alicyclic amines) is 1. The van der Waals surface area contributed by atoms with E-state index in [1.165, 1.54) is 0 Å². The molecule has 2 saturated heterocycles. The van der Waals surface area contributed by atoms with Gasteiger partial charge in [-0.1, -0.05) is 12.1 Å². The highest BCUT2D eigenvalue weighted by Crippen LogP contribution is 2.27. The van der Waals surface area contributed by atoms with Gasteiger partial charge >= 0.3 is 0 Å². The summed E-state index contributed by atoms with van der Waals surface area (Å²) < 4.78 is 28.5. The minimum atomic E-state index is -3.04. The van der Waals surface area contributed by atoms with Gasteiger partial charge in [-0.2, -0.15) is 0 Å². The first-order valence-corrected chi connectivity index (χ1v) is 10.7. The normalized spacial score (nSPS) is 24.1. The second-order valence-electron chi connectivity index (χ2n) is 6.88. The number of rotatable bonds is 6. The van der Waals surface area contributed by atoms with Crippen molar-refractivity contribution in [2.75, 3.05) is 38.2 Å². The molecule has 3 rings (SSSR count). The van der Waals surface area contributed by atoms with Crippen molar-refractivity contribution in [3.63, 3.8) is 0 Å². The van der Waals surface area contributed by atoms with Gasteiger partial charge in [-0.25, -0.2) is 8.42 Å². The Morgan fingerprint density at radius 2 is 2.12 bits per heavy atom. The fraction of sp³-hybridized carbons (Fsp3) is 0.611. The minimum Gasteiger partial charge on any atom is -0.497 e. The lowest BCUT2D eigenvalue weighted by atomic mass is 10.0. The molecular weight excluding hydrogens is 340 g/mol. The average molecular weight is 366 g/mol. The highest BCUT2D eigenvalue weighted by atomic mass is 32.2. The van der Waals surface area contributed by atoms with E-state index in [9.17, 15) is 13.2 Å². The van der Waals surface area contributed by atoms with E-state index >= 15 is 0 Å². The molecule has 0 saturated carbocycles. The van der Waals surface area contributed by atoms with Crippen molar-refractivity contribution in [3.8, 4) is 5.75 Å². The van der Waals surface area contributed by atoms with Crippen LogP contribution >= 0.6 is 0 Å². The topological polar surface area (TPSA) is 75.7 Å². The SMILES string of the molecule is COc1cccc(C(CNC(=O)C2CCS(=O)(=O)C2)N2CCCC2)c1. The maximum absolute atomic E-state index is 12.4. The Labute approximate surface area is 149 Å². The first-order chi connectivity index (χ1) is 12.0. The van der Waals surface area contributed by atoms with Crippen LogP contribution in [0.4, 0.5) is 0 Å². The summed E-state index contributed by atoms with van der Waals surface area (Å²) in [6.07, 6.45) is 2.76. The van der Waals surface area contributed by atoms with Crippen LogP contribution in [0.3, 0.4) is 0 Å². The zero-order valence-corrected chi connectivity index (χ0v) is 15.4. The first kappa shape index (κ1) is 18.2. The van der Waals surface area contributed by atoms with E-state index in [1.807, 2.05) is 18.2 Å². The van der Waals surface area contributed by atoms with E-state index in [0.717, 1.165) is 37.2 Å². The molecule has 1 N–H and O–H groups in total. The van der Waals surface area contributed by atoms with Gasteiger partial charge in [-0.15, -0.1) is 0 Å². The molecule has 2 fully saturated rings. The number of nitrogens with one attached hydrogen (secondary N) is 1. The monoisotopic (exact) mass is 366 g/mol. The zero-order chi connectivity index (χ0) is 17.9. The molecule has 0 aliphatic carbocycles. The van der Waals surface area contributed by atoms with Gasteiger partial charge in [0.2, 0.25) is 5.91 Å². The molecule has 2 heterocycles. The maximum Gasteiger partial charge on any atom is 0.224 e. The van der Waals surface area contributed by atoms with Crippen LogP contribution in [0.25, 0.3) is 0 Å². The Balaban J connectivity index is 1.68. The summed E-state index contributed by atoms with van der Waals surface area (Å²) in [6, 6.07) is 8.02. The molecule has 0 aromatic heterocycles. The Bertz CT molecular complexity index is 714. The van der Waals surface area contributed by atoms with Crippen LogP contribution in [0.5, 0.6) is 5.75 Å². The molecule has 1 aromatic carbocycles. The van der Waals surface area contributed by atoms with E-state index in [-0.39, 0.29) is 23.5 Å². The number of hydrogen-bond donors (Lipinski definition) is 1. The van der Waals surface area contributed by atoms with Gasteiger partial charge in [-0.3, -0.25) is 9.69 Å². The second-order valence-corrected chi connectivity index (χ2v) is 9.11. The van der Waals surface area contributed by atoms with Gasteiger partial charge in [0.1, 0.15) is 5.75 Å². The van der Waals surface area contributed by atoms with Crippen molar-refractivity contribution < 1.29 is 17.9 Å². The van der Waals surface area contributed by atoms with Crippen LogP contribution in [0.2, 0.25) is 0 Å². The van der Waals surface area contributed by atoms with Crippen molar-refractivity contribution >= 4 is 15.7 Å². The molecule has 0 bridgehead atoms. The molecule has 138 valence electrons. The molecule has 7 heteroatoms. The number of benzene rings is 1. The Hall–Kier alpha value is -1.60. The zero-order valence-electron chi connectivity index (χ0n) is 14.6. The van der Waals surface area contributed by atoms with Gasteiger partial charge in [0.15, 0.2) is 9.84 Å². The lowest BCUT2D eigenvalue weighted by Crippen LogP contribution is -2.39. The Kier molecular flexibility index (Phi) is 5.64. The highest BCUT2D eigenvalue weighted by molar-refractivity contribution is 7.91. The van der Waals surface area contributed by atoms with Crippen LogP contribution in [0, 0.1) is 5.92 Å². The predicted octanol–water partition coefficient (Wildman–Crippen LogP) is 1.38. The standard InChI is InChI=1S/C18H26N2O4S/c1-24-16-6-4-5-14(11-16)17(20-8-2-3-9-20)12-19-18(21)15-7-10-25(22,23)13-15/h4-6,11,15,17H,2-3,7-10,12-13H2,1H3,(H,19,21). The molecule has 1 amide bonds. The molecule has 1 aromatic rings. The minimum absolute atomic E-state index is 0.0215. The van der Waals surface area contributed by atoms with E-state index < -0.39 is 15.8 Å². The third-order valence-electron chi connectivity index (χ3n) is 5.13. The molecule has 0 spiro atoms. The van der Waals surface area contributed by atoms with Crippen LogP contribution < -0.4 is 10.1 Å². The summed E-state index contributed by atoms with van der Waals surface area (Å²) in [6.45, 7) is 2.51. The summed E-state index contributed by atoms with van der Waals surface area (Å²) in [5.74, 6) is 0.348. The van der Waals surface area contributed by atoms with Gasteiger partial charge in [0, 0.05) is 6.54 Å². The van der Waals surface area contributed by atoms with Gasteiger partial charge < -0.3 is 10.1 Å². The highest BCUT2D eigenvalue weighted by Gasteiger charge is 2.33. The quantitative estimate of drug-likeness (QED) is 0.823. The van der Waals surface area contributed by atoms with Crippen LogP contribution in [0.15, 0.2) is 24.3 Å². The lowest BCUT2D eigenvalue weighted by molar-refractivity contribution is -0.124. The van der Waals surface area contributed by atoms with Gasteiger partial charge in [0.05, 0.1) is 30.6 Å². The second kappa shape index (κ2) is 7.74. The number of amides is 1. The number of sulfone groups is 1. The number of nitrogens with zero attached hydrogens (tertiary/aromatic N) is 1. The molecule has 2 unspecified atom stereocenters. The molecule has 2 atom stereocenters. The number of methoxy groups -OCH3 is 1. The largest absolute Gasteiger partial charge is 0.497 e. The van der Waals surface area contributed by atoms with Crippen LogP contribution in [-0.2, 0) is 14.6 Å². The summed E-state index contributed by atoms with van der Waals surface area (Å²) in [7, 11) is -1.40. The van der Waals surface area contributed by atoms with Gasteiger partial charge in [-0.05, 0) is 50.0 Å². The molecule has 0 radical (unpaired) electrons. The first-order valence-electron chi connectivity index (χ1n) is 8.84. The van der Waals surface area contributed by atoms with Crippen molar-refractivity contribution in [1.29, 1.82) is 0 Å². The Morgan fingerprint density at radius 1 is 1.36 bits per heavy atom. The number of carbonyl (C=O) groups is 1. The van der Waals surface area contributed by atoms with E-state index in [4.69, 9.17) is 4.74 Å². The van der Waals surface area contributed by atoms with Crippen molar-refractivity contribution in [2.45, 2.75) is 25.3 Å². The predicted molar refractivity (Wildman–Crippen MR) is 96.3 cm³/mol. The maximum atomic E-state index is 12.4. The fourth-order valence-corrected chi connectivity index (χ4v) is 5.44. The van der Waals surface area contributed by atoms with E-state index in [2.05, 4.69) is 16.3 Å². The van der Waals surface area contributed by atoms with Crippen LogP contribution in [0.1, 0.15) is 30.9 Å². The molecule has 2 aliphatic heterocycles. The number of hydrogen-bond acceptors (Lipinski definition) is 5. The summed E-state index contributed by atoms with van der Waals surface area (Å²) in [5.41, 5.74) is 1.11. The number of ether oxygens (including phenoxy) is 1. The Morgan fingerprint density at radius 3 is 2.76 bits per heavy atom. The number of carbonyl (C=O) groups excluding carboxylic acids is 1. The van der Waals surface area contributed by atoms with Gasteiger partial charge in [0.25, 0.3) is 0 Å². The summed E-state index contributed by atoms with van der Waals surface area (Å²) in [4.78, 5) is 14.8.